The molecule has 0 saturated heterocycles. The van der Waals surface area contributed by atoms with Gasteiger partial charge in [-0.3, -0.25) is 14.8 Å². The number of nitro groups is 1. The number of hydrogen-bond acceptors (Lipinski definition) is 3. The number of benzene rings is 1. The summed E-state index contributed by atoms with van der Waals surface area (Å²) in [5, 5.41) is 15.0. The van der Waals surface area contributed by atoms with Crippen molar-refractivity contribution in [1.82, 2.24) is 9.78 Å². The predicted molar refractivity (Wildman–Crippen MR) is 64.7 cm³/mol. The minimum absolute atomic E-state index is 0.0397. The third kappa shape index (κ3) is 1.97. The highest BCUT2D eigenvalue weighted by Gasteiger charge is 2.23. The lowest BCUT2D eigenvalue weighted by atomic mass is 10.1. The molecule has 0 aliphatic rings. The number of nitrogens with zero attached hydrogens (tertiary/aromatic N) is 3. The van der Waals surface area contributed by atoms with Crippen molar-refractivity contribution in [2.75, 3.05) is 0 Å². The van der Waals surface area contributed by atoms with Crippen LogP contribution in [-0.4, -0.2) is 14.7 Å². The number of nitro benzene ring substituents is 1. The van der Waals surface area contributed by atoms with E-state index in [0.717, 1.165) is 6.07 Å². The summed E-state index contributed by atoms with van der Waals surface area (Å²) in [5.74, 6) is -0.839. The summed E-state index contributed by atoms with van der Waals surface area (Å²) in [6.45, 7) is 3.81. The van der Waals surface area contributed by atoms with Crippen molar-refractivity contribution in [1.29, 1.82) is 0 Å². The molecule has 0 N–H and O–H groups in total. The van der Waals surface area contributed by atoms with Crippen LogP contribution in [0.3, 0.4) is 0 Å². The van der Waals surface area contributed by atoms with Gasteiger partial charge in [-0.2, -0.15) is 9.49 Å². The molecule has 0 fully saturated rings. The number of hydrogen-bond donors (Lipinski definition) is 0. The molecule has 0 saturated carbocycles. The molecular weight excluding hydrogens is 237 g/mol. The van der Waals surface area contributed by atoms with E-state index in [1.165, 1.54) is 12.1 Å². The largest absolute Gasteiger partial charge is 0.314 e. The summed E-state index contributed by atoms with van der Waals surface area (Å²) in [6, 6.07) is 5.74. The van der Waals surface area contributed by atoms with Crippen LogP contribution in [0.15, 0.2) is 30.5 Å². The molecule has 18 heavy (non-hydrogen) atoms. The Morgan fingerprint density at radius 1 is 1.39 bits per heavy atom. The first-order valence-corrected chi connectivity index (χ1v) is 5.49. The lowest BCUT2D eigenvalue weighted by Crippen LogP contribution is -2.06. The van der Waals surface area contributed by atoms with Crippen LogP contribution in [0.2, 0.25) is 0 Å². The molecule has 1 aromatic heterocycles. The molecule has 0 atom stereocenters. The van der Waals surface area contributed by atoms with Crippen LogP contribution in [0.25, 0.3) is 11.3 Å². The zero-order valence-electron chi connectivity index (χ0n) is 10.0. The molecule has 5 nitrogen and oxygen atoms in total. The molecule has 0 aliphatic heterocycles. The fourth-order valence-corrected chi connectivity index (χ4v) is 1.85. The highest BCUT2D eigenvalue weighted by molar-refractivity contribution is 5.71. The van der Waals surface area contributed by atoms with Gasteiger partial charge >= 0.3 is 5.69 Å². The fourth-order valence-electron chi connectivity index (χ4n) is 1.85. The molecule has 1 aromatic carbocycles. The Hall–Kier alpha value is -2.24. The molecule has 0 aliphatic carbocycles. The van der Waals surface area contributed by atoms with E-state index in [1.807, 2.05) is 13.8 Å². The third-order valence-corrected chi connectivity index (χ3v) is 2.60. The molecule has 0 unspecified atom stereocenters. The van der Waals surface area contributed by atoms with E-state index in [9.17, 15) is 14.5 Å². The SMILES string of the molecule is CC(C)n1nccc1-c1cccc(F)c1[N+](=O)[O-]. The van der Waals surface area contributed by atoms with Gasteiger partial charge < -0.3 is 0 Å². The molecule has 0 radical (unpaired) electrons. The Kier molecular flexibility index (Phi) is 3.10. The van der Waals surface area contributed by atoms with Crippen LogP contribution in [-0.2, 0) is 0 Å². The van der Waals surface area contributed by atoms with Gasteiger partial charge in [0.25, 0.3) is 0 Å². The monoisotopic (exact) mass is 249 g/mol. The summed E-state index contributed by atoms with van der Waals surface area (Å²) in [6.07, 6.45) is 1.55. The van der Waals surface area contributed by atoms with Gasteiger partial charge in [0.05, 0.1) is 16.2 Å². The lowest BCUT2D eigenvalue weighted by molar-refractivity contribution is -0.386. The highest BCUT2D eigenvalue weighted by atomic mass is 19.1. The van der Waals surface area contributed by atoms with Crippen molar-refractivity contribution in [2.24, 2.45) is 0 Å². The summed E-state index contributed by atoms with van der Waals surface area (Å²) < 4.78 is 15.2. The van der Waals surface area contributed by atoms with Gasteiger partial charge in [0.1, 0.15) is 0 Å². The summed E-state index contributed by atoms with van der Waals surface area (Å²) in [5.41, 5.74) is 0.266. The van der Waals surface area contributed by atoms with Crippen molar-refractivity contribution in [3.05, 3.63) is 46.4 Å². The van der Waals surface area contributed by atoms with Gasteiger partial charge in [0.15, 0.2) is 0 Å². The first-order valence-electron chi connectivity index (χ1n) is 5.49. The van der Waals surface area contributed by atoms with Crippen LogP contribution >= 0.6 is 0 Å². The average molecular weight is 249 g/mol. The maximum atomic E-state index is 13.6. The smallest absolute Gasteiger partial charge is 0.262 e. The summed E-state index contributed by atoms with van der Waals surface area (Å²) in [7, 11) is 0. The second kappa shape index (κ2) is 4.56. The number of aromatic nitrogens is 2. The quantitative estimate of drug-likeness (QED) is 0.620. The molecule has 2 aromatic rings. The second-order valence-corrected chi connectivity index (χ2v) is 4.15. The molecule has 0 amide bonds. The summed E-state index contributed by atoms with van der Waals surface area (Å²) >= 11 is 0. The highest BCUT2D eigenvalue weighted by Crippen LogP contribution is 2.32. The van der Waals surface area contributed by atoms with E-state index in [2.05, 4.69) is 5.10 Å². The fraction of sp³-hybridized carbons (Fsp3) is 0.250. The van der Waals surface area contributed by atoms with E-state index in [-0.39, 0.29) is 11.6 Å². The Labute approximate surface area is 103 Å². The van der Waals surface area contributed by atoms with E-state index in [1.54, 1.807) is 16.9 Å². The normalized spacial score (nSPS) is 10.9. The van der Waals surface area contributed by atoms with E-state index >= 15 is 0 Å². The number of halogens is 1. The molecule has 0 bridgehead atoms. The predicted octanol–water partition coefficient (Wildman–Crippen LogP) is 3.18. The van der Waals surface area contributed by atoms with Gasteiger partial charge in [-0.1, -0.05) is 6.07 Å². The van der Waals surface area contributed by atoms with Gasteiger partial charge in [0, 0.05) is 12.2 Å². The molecule has 94 valence electrons. The first kappa shape index (κ1) is 12.2. The van der Waals surface area contributed by atoms with Crippen molar-refractivity contribution in [3.8, 4) is 11.3 Å². The number of rotatable bonds is 3. The van der Waals surface area contributed by atoms with Crippen LogP contribution in [0, 0.1) is 15.9 Å². The standard InChI is InChI=1S/C12H12FN3O2/c1-8(2)15-11(6-7-14-15)9-4-3-5-10(13)12(9)16(17)18/h3-8H,1-2H3. The first-order chi connectivity index (χ1) is 8.52. The molecular formula is C12H12FN3O2. The van der Waals surface area contributed by atoms with Gasteiger partial charge in [-0.05, 0) is 32.0 Å². The Bertz CT molecular complexity index is 593. The van der Waals surface area contributed by atoms with Crippen molar-refractivity contribution in [2.45, 2.75) is 19.9 Å². The van der Waals surface area contributed by atoms with Crippen LogP contribution in [0.1, 0.15) is 19.9 Å². The van der Waals surface area contributed by atoms with Crippen molar-refractivity contribution >= 4 is 5.69 Å². The number of para-hydroxylation sites is 1. The topological polar surface area (TPSA) is 61.0 Å². The Morgan fingerprint density at radius 2 is 2.11 bits per heavy atom. The Balaban J connectivity index is 2.68. The van der Waals surface area contributed by atoms with Crippen molar-refractivity contribution in [3.63, 3.8) is 0 Å². The van der Waals surface area contributed by atoms with Crippen molar-refractivity contribution < 1.29 is 9.31 Å². The third-order valence-electron chi connectivity index (χ3n) is 2.60. The maximum absolute atomic E-state index is 13.6. The van der Waals surface area contributed by atoms with Crippen LogP contribution < -0.4 is 0 Å². The lowest BCUT2D eigenvalue weighted by Gasteiger charge is -2.11. The molecule has 1 heterocycles. The van der Waals surface area contributed by atoms with Gasteiger partial charge in [0.2, 0.25) is 5.82 Å². The minimum atomic E-state index is -0.839. The zero-order chi connectivity index (χ0) is 13.3. The second-order valence-electron chi connectivity index (χ2n) is 4.15. The Morgan fingerprint density at radius 3 is 2.72 bits per heavy atom. The molecule has 0 spiro atoms. The van der Waals surface area contributed by atoms with E-state index in [0.29, 0.717) is 5.69 Å². The van der Waals surface area contributed by atoms with Crippen LogP contribution in [0.5, 0.6) is 0 Å². The summed E-state index contributed by atoms with van der Waals surface area (Å²) in [4.78, 5) is 10.2. The minimum Gasteiger partial charge on any atom is -0.262 e. The zero-order valence-corrected chi connectivity index (χ0v) is 10.0. The van der Waals surface area contributed by atoms with E-state index < -0.39 is 16.4 Å². The maximum Gasteiger partial charge on any atom is 0.314 e. The van der Waals surface area contributed by atoms with E-state index in [4.69, 9.17) is 0 Å². The molecule has 2 rings (SSSR count). The average Bonchev–Trinajstić information content (AvgIpc) is 2.76. The van der Waals surface area contributed by atoms with Crippen LogP contribution in [0.4, 0.5) is 10.1 Å². The van der Waals surface area contributed by atoms with Gasteiger partial charge in [-0.15, -0.1) is 0 Å². The van der Waals surface area contributed by atoms with Gasteiger partial charge in [-0.25, -0.2) is 0 Å². The molecule has 6 heteroatoms.